The van der Waals surface area contributed by atoms with Gasteiger partial charge in [-0.05, 0) is 37.3 Å². The second-order valence-corrected chi connectivity index (χ2v) is 5.51. The summed E-state index contributed by atoms with van der Waals surface area (Å²) in [5.41, 5.74) is 4.70. The molecule has 3 rings (SSSR count). The first-order valence-electron chi connectivity index (χ1n) is 7.72. The van der Waals surface area contributed by atoms with Crippen molar-refractivity contribution < 1.29 is 13.9 Å². The van der Waals surface area contributed by atoms with Crippen molar-refractivity contribution in [1.29, 1.82) is 0 Å². The number of hydrazone groups is 1. The molecule has 0 atom stereocenters. The Bertz CT molecular complexity index is 958. The summed E-state index contributed by atoms with van der Waals surface area (Å²) in [7, 11) is 3.08. The van der Waals surface area contributed by atoms with Gasteiger partial charge in [0, 0.05) is 12.6 Å². The number of hydrogen-bond acceptors (Lipinski definition) is 5. The Hall–Kier alpha value is -3.49. The van der Waals surface area contributed by atoms with Crippen LogP contribution >= 0.6 is 0 Å². The first-order chi connectivity index (χ1) is 12.5. The van der Waals surface area contributed by atoms with Crippen molar-refractivity contribution >= 4 is 12.1 Å². The van der Waals surface area contributed by atoms with Crippen LogP contribution < -0.4 is 10.2 Å². The van der Waals surface area contributed by atoms with Crippen molar-refractivity contribution in [3.63, 3.8) is 0 Å². The van der Waals surface area contributed by atoms with Gasteiger partial charge in [-0.3, -0.25) is 9.89 Å². The van der Waals surface area contributed by atoms with E-state index < -0.39 is 11.9 Å². The topological polar surface area (TPSA) is 97.2 Å². The summed E-state index contributed by atoms with van der Waals surface area (Å²) in [6.07, 6.45) is 1.22. The zero-order chi connectivity index (χ0) is 18.7. The van der Waals surface area contributed by atoms with Gasteiger partial charge in [-0.1, -0.05) is 0 Å². The third-order valence-corrected chi connectivity index (χ3v) is 3.76. The SMILES string of the molecule is COc1ccc(-c2cc(C(=O)NN=Cc3c(C)nn(C)c3F)[nH]n2)cc1. The monoisotopic (exact) mass is 356 g/mol. The lowest BCUT2D eigenvalue weighted by Gasteiger charge is -2.00. The van der Waals surface area contributed by atoms with Crippen LogP contribution in [0, 0.1) is 12.9 Å². The Morgan fingerprint density at radius 3 is 2.73 bits per heavy atom. The largest absolute Gasteiger partial charge is 0.497 e. The average Bonchev–Trinajstić information content (AvgIpc) is 3.22. The standard InChI is InChI=1S/C17H17FN6O2/c1-10-13(16(18)24(2)23-10)9-19-22-17(25)15-8-14(20-21-15)11-4-6-12(26-3)7-5-11/h4-9H,1-3H3,(H,20,21)(H,22,25). The van der Waals surface area contributed by atoms with Crippen molar-refractivity contribution in [2.24, 2.45) is 12.1 Å². The van der Waals surface area contributed by atoms with Crippen LogP contribution in [0.15, 0.2) is 35.4 Å². The van der Waals surface area contributed by atoms with Crippen LogP contribution in [0.1, 0.15) is 21.7 Å². The summed E-state index contributed by atoms with van der Waals surface area (Å²) in [5.74, 6) is -0.284. The van der Waals surface area contributed by atoms with E-state index in [2.05, 4.69) is 25.8 Å². The van der Waals surface area contributed by atoms with Gasteiger partial charge in [0.05, 0.1) is 30.3 Å². The number of carbonyl (C=O) groups excluding carboxylic acids is 1. The number of aromatic nitrogens is 4. The number of carbonyl (C=O) groups is 1. The fourth-order valence-electron chi connectivity index (χ4n) is 2.36. The first kappa shape index (κ1) is 17.3. The van der Waals surface area contributed by atoms with Gasteiger partial charge in [0.25, 0.3) is 5.91 Å². The van der Waals surface area contributed by atoms with E-state index in [1.807, 2.05) is 12.1 Å². The molecule has 2 aromatic heterocycles. The Morgan fingerprint density at radius 2 is 2.12 bits per heavy atom. The number of halogens is 1. The molecule has 9 heteroatoms. The van der Waals surface area contributed by atoms with Crippen molar-refractivity contribution in [2.75, 3.05) is 7.11 Å². The Morgan fingerprint density at radius 1 is 1.38 bits per heavy atom. The van der Waals surface area contributed by atoms with Crippen molar-refractivity contribution in [3.05, 3.63) is 53.2 Å². The van der Waals surface area contributed by atoms with E-state index in [0.29, 0.717) is 11.4 Å². The number of H-pyrrole nitrogens is 1. The minimum absolute atomic E-state index is 0.219. The van der Waals surface area contributed by atoms with E-state index in [1.165, 1.54) is 13.3 Å². The third-order valence-electron chi connectivity index (χ3n) is 3.76. The number of rotatable bonds is 5. The number of nitrogens with one attached hydrogen (secondary N) is 2. The fourth-order valence-corrected chi connectivity index (χ4v) is 2.36. The van der Waals surface area contributed by atoms with Crippen LogP contribution in [-0.2, 0) is 7.05 Å². The molecule has 2 heterocycles. The number of benzene rings is 1. The van der Waals surface area contributed by atoms with E-state index in [1.54, 1.807) is 32.2 Å². The number of methoxy groups -OCH3 is 1. The highest BCUT2D eigenvalue weighted by molar-refractivity contribution is 5.94. The van der Waals surface area contributed by atoms with Gasteiger partial charge in [0.2, 0.25) is 5.95 Å². The smallest absolute Gasteiger partial charge is 0.289 e. The predicted molar refractivity (Wildman–Crippen MR) is 93.5 cm³/mol. The molecule has 0 bridgehead atoms. The second-order valence-electron chi connectivity index (χ2n) is 5.51. The molecule has 0 aliphatic carbocycles. The van der Waals surface area contributed by atoms with Crippen LogP contribution in [0.3, 0.4) is 0 Å². The fraction of sp³-hybridized carbons (Fsp3) is 0.176. The summed E-state index contributed by atoms with van der Waals surface area (Å²) in [6.45, 7) is 1.66. The quantitative estimate of drug-likeness (QED) is 0.540. The van der Waals surface area contributed by atoms with E-state index in [0.717, 1.165) is 16.0 Å². The molecule has 26 heavy (non-hydrogen) atoms. The Labute approximate surface area is 148 Å². The van der Waals surface area contributed by atoms with Crippen LogP contribution in [0.5, 0.6) is 5.75 Å². The lowest BCUT2D eigenvalue weighted by atomic mass is 10.1. The second kappa shape index (κ2) is 7.18. The maximum atomic E-state index is 13.8. The molecule has 0 radical (unpaired) electrons. The Balaban J connectivity index is 1.69. The van der Waals surface area contributed by atoms with E-state index in [9.17, 15) is 9.18 Å². The van der Waals surface area contributed by atoms with Gasteiger partial charge in [-0.25, -0.2) is 10.1 Å². The summed E-state index contributed by atoms with van der Waals surface area (Å²) in [4.78, 5) is 12.1. The van der Waals surface area contributed by atoms with Crippen molar-refractivity contribution in [2.45, 2.75) is 6.92 Å². The molecule has 1 amide bonds. The molecule has 0 saturated heterocycles. The Kier molecular flexibility index (Phi) is 4.78. The number of aromatic amines is 1. The van der Waals surface area contributed by atoms with Crippen LogP contribution in [0.25, 0.3) is 11.3 Å². The molecular weight excluding hydrogens is 339 g/mol. The van der Waals surface area contributed by atoms with E-state index >= 15 is 0 Å². The van der Waals surface area contributed by atoms with Gasteiger partial charge < -0.3 is 4.74 Å². The molecule has 0 aliphatic rings. The zero-order valence-corrected chi connectivity index (χ0v) is 14.4. The molecule has 0 aliphatic heterocycles. The van der Waals surface area contributed by atoms with Crippen molar-refractivity contribution in [3.8, 4) is 17.0 Å². The molecular formula is C17H17FN6O2. The molecule has 0 spiro atoms. The first-order valence-corrected chi connectivity index (χ1v) is 7.72. The third kappa shape index (κ3) is 3.46. The maximum Gasteiger partial charge on any atom is 0.289 e. The number of amides is 1. The summed E-state index contributed by atoms with van der Waals surface area (Å²) >= 11 is 0. The van der Waals surface area contributed by atoms with Gasteiger partial charge in [0.1, 0.15) is 11.4 Å². The minimum atomic E-state index is -0.524. The van der Waals surface area contributed by atoms with Gasteiger partial charge in [-0.2, -0.15) is 19.7 Å². The molecule has 0 unspecified atom stereocenters. The summed E-state index contributed by atoms with van der Waals surface area (Å²) in [6, 6.07) is 8.88. The van der Waals surface area contributed by atoms with Crippen molar-refractivity contribution in [1.82, 2.24) is 25.4 Å². The van der Waals surface area contributed by atoms with Crippen LogP contribution in [-0.4, -0.2) is 39.2 Å². The highest BCUT2D eigenvalue weighted by Crippen LogP contribution is 2.21. The average molecular weight is 356 g/mol. The molecule has 1 aromatic carbocycles. The number of ether oxygens (including phenoxy) is 1. The van der Waals surface area contributed by atoms with E-state index in [-0.39, 0.29) is 11.3 Å². The molecule has 0 saturated carbocycles. The van der Waals surface area contributed by atoms with Gasteiger partial charge in [0.15, 0.2) is 0 Å². The normalized spacial score (nSPS) is 11.1. The summed E-state index contributed by atoms with van der Waals surface area (Å²) in [5, 5.41) is 14.5. The molecule has 134 valence electrons. The lowest BCUT2D eigenvalue weighted by Crippen LogP contribution is -2.18. The lowest BCUT2D eigenvalue weighted by molar-refractivity contribution is 0.0950. The molecule has 2 N–H and O–H groups in total. The van der Waals surface area contributed by atoms with Crippen LogP contribution in [0.4, 0.5) is 4.39 Å². The van der Waals surface area contributed by atoms with Crippen LogP contribution in [0.2, 0.25) is 0 Å². The highest BCUT2D eigenvalue weighted by Gasteiger charge is 2.12. The number of hydrogen-bond donors (Lipinski definition) is 2. The van der Waals surface area contributed by atoms with Gasteiger partial charge >= 0.3 is 0 Å². The number of nitrogens with zero attached hydrogens (tertiary/aromatic N) is 4. The highest BCUT2D eigenvalue weighted by atomic mass is 19.1. The minimum Gasteiger partial charge on any atom is -0.497 e. The van der Waals surface area contributed by atoms with Gasteiger partial charge in [-0.15, -0.1) is 0 Å². The molecule has 0 fully saturated rings. The predicted octanol–water partition coefficient (Wildman–Crippen LogP) is 2.03. The maximum absolute atomic E-state index is 13.8. The zero-order valence-electron chi connectivity index (χ0n) is 14.4. The van der Waals surface area contributed by atoms with E-state index in [4.69, 9.17) is 4.74 Å². The number of aryl methyl sites for hydroxylation is 2. The molecule has 8 nitrogen and oxygen atoms in total. The summed E-state index contributed by atoms with van der Waals surface area (Å²) < 4.78 is 20.0. The molecule has 3 aromatic rings.